The zero-order valence-electron chi connectivity index (χ0n) is 15.1. The lowest BCUT2D eigenvalue weighted by Gasteiger charge is -2.11. The van der Waals surface area contributed by atoms with Crippen molar-refractivity contribution in [1.82, 2.24) is 29.7 Å². The van der Waals surface area contributed by atoms with Gasteiger partial charge in [0.25, 0.3) is 0 Å². The second-order valence-electron chi connectivity index (χ2n) is 5.81. The first-order valence-corrected chi connectivity index (χ1v) is 8.99. The molecule has 3 N–H and O–H groups in total. The van der Waals surface area contributed by atoms with Gasteiger partial charge in [0.2, 0.25) is 17.8 Å². The van der Waals surface area contributed by atoms with Crippen LogP contribution in [0.1, 0.15) is 12.7 Å². The molecule has 0 fully saturated rings. The van der Waals surface area contributed by atoms with Gasteiger partial charge in [-0.3, -0.25) is 9.36 Å². The summed E-state index contributed by atoms with van der Waals surface area (Å²) >= 11 is 1.43. The molecule has 0 atom stereocenters. The molecule has 3 rings (SSSR count). The van der Waals surface area contributed by atoms with E-state index in [1.165, 1.54) is 18.7 Å². The van der Waals surface area contributed by atoms with Crippen LogP contribution in [-0.2, 0) is 10.5 Å². The van der Waals surface area contributed by atoms with Crippen LogP contribution in [0.5, 0.6) is 0 Å². The van der Waals surface area contributed by atoms with Crippen LogP contribution >= 0.6 is 11.8 Å². The maximum absolute atomic E-state index is 11.3. The van der Waals surface area contributed by atoms with Crippen molar-refractivity contribution in [2.45, 2.75) is 17.8 Å². The normalized spacial score (nSPS) is 10.6. The maximum Gasteiger partial charge on any atom is 0.229 e. The highest BCUT2D eigenvalue weighted by Gasteiger charge is 2.11. The first kappa shape index (κ1) is 18.6. The second kappa shape index (κ2) is 7.99. The van der Waals surface area contributed by atoms with Gasteiger partial charge in [-0.2, -0.15) is 15.0 Å². The lowest BCUT2D eigenvalue weighted by atomic mass is 10.2. The van der Waals surface area contributed by atoms with Crippen molar-refractivity contribution in [3.63, 3.8) is 0 Å². The standard InChI is InChI=1S/C16H19N9OS/c1-10(26)19-11-5-4-6-12(7-11)25-9-18-23-16(25)27-8-13-20-14(17)22-15(21-13)24(2)3/h4-7,9H,8H2,1-3H3,(H,19,26)(H2,17,20,21,22). The second-order valence-corrected chi connectivity index (χ2v) is 6.75. The topological polar surface area (TPSA) is 128 Å². The number of nitrogens with two attached hydrogens (primary N) is 1. The number of nitrogens with one attached hydrogen (secondary N) is 1. The van der Waals surface area contributed by atoms with E-state index in [0.29, 0.717) is 28.4 Å². The van der Waals surface area contributed by atoms with Gasteiger partial charge in [0.15, 0.2) is 5.16 Å². The minimum atomic E-state index is -0.130. The highest BCUT2D eigenvalue weighted by Crippen LogP contribution is 2.24. The minimum absolute atomic E-state index is 0.130. The fourth-order valence-electron chi connectivity index (χ4n) is 2.26. The molecular formula is C16H19N9OS. The average molecular weight is 385 g/mol. The zero-order valence-corrected chi connectivity index (χ0v) is 15.9. The smallest absolute Gasteiger partial charge is 0.229 e. The molecule has 27 heavy (non-hydrogen) atoms. The summed E-state index contributed by atoms with van der Waals surface area (Å²) in [6.07, 6.45) is 1.61. The van der Waals surface area contributed by atoms with Crippen LogP contribution in [-0.4, -0.2) is 49.7 Å². The number of carbonyl (C=O) groups excluding carboxylic acids is 1. The SMILES string of the molecule is CC(=O)Nc1cccc(-n2cnnc2SCc2nc(N)nc(N(C)C)n2)c1. The lowest BCUT2D eigenvalue weighted by molar-refractivity contribution is -0.114. The summed E-state index contributed by atoms with van der Waals surface area (Å²) in [6, 6.07) is 7.42. The number of hydrogen-bond acceptors (Lipinski definition) is 9. The molecule has 0 aliphatic carbocycles. The van der Waals surface area contributed by atoms with Crippen LogP contribution in [0.2, 0.25) is 0 Å². The van der Waals surface area contributed by atoms with E-state index >= 15 is 0 Å². The van der Waals surface area contributed by atoms with Gasteiger partial charge in [-0.05, 0) is 18.2 Å². The molecular weight excluding hydrogens is 366 g/mol. The summed E-state index contributed by atoms with van der Waals surface area (Å²) in [5.74, 6) is 1.56. The van der Waals surface area contributed by atoms with Crippen molar-refractivity contribution in [3.05, 3.63) is 36.4 Å². The minimum Gasteiger partial charge on any atom is -0.368 e. The Kier molecular flexibility index (Phi) is 5.50. The van der Waals surface area contributed by atoms with Crippen molar-refractivity contribution >= 4 is 35.3 Å². The van der Waals surface area contributed by atoms with Gasteiger partial charge in [-0.25, -0.2) is 0 Å². The first-order chi connectivity index (χ1) is 12.9. The van der Waals surface area contributed by atoms with Gasteiger partial charge in [-0.1, -0.05) is 17.8 Å². The molecule has 0 aliphatic heterocycles. The maximum atomic E-state index is 11.3. The fraction of sp³-hybridized carbons (Fsp3) is 0.250. The molecule has 2 heterocycles. The van der Waals surface area contributed by atoms with Crippen LogP contribution in [0.15, 0.2) is 35.7 Å². The van der Waals surface area contributed by atoms with E-state index in [9.17, 15) is 4.79 Å². The lowest BCUT2D eigenvalue weighted by Crippen LogP contribution is -2.16. The van der Waals surface area contributed by atoms with Gasteiger partial charge >= 0.3 is 0 Å². The molecule has 0 unspecified atom stereocenters. The summed E-state index contributed by atoms with van der Waals surface area (Å²) < 4.78 is 1.83. The number of nitrogens with zero attached hydrogens (tertiary/aromatic N) is 7. The van der Waals surface area contributed by atoms with E-state index < -0.39 is 0 Å². The van der Waals surface area contributed by atoms with E-state index in [4.69, 9.17) is 5.73 Å². The Morgan fingerprint density at radius 3 is 2.85 bits per heavy atom. The van der Waals surface area contributed by atoms with Gasteiger partial charge in [0.1, 0.15) is 12.2 Å². The van der Waals surface area contributed by atoms with Gasteiger partial charge in [0.05, 0.1) is 11.4 Å². The molecule has 10 nitrogen and oxygen atoms in total. The quantitative estimate of drug-likeness (QED) is 0.604. The number of rotatable bonds is 6. The Morgan fingerprint density at radius 2 is 2.11 bits per heavy atom. The largest absolute Gasteiger partial charge is 0.368 e. The molecule has 0 saturated heterocycles. The summed E-state index contributed by atoms with van der Waals surface area (Å²) in [6.45, 7) is 1.47. The number of hydrogen-bond donors (Lipinski definition) is 2. The van der Waals surface area contributed by atoms with Crippen molar-refractivity contribution in [2.75, 3.05) is 30.0 Å². The number of amides is 1. The highest BCUT2D eigenvalue weighted by atomic mass is 32.2. The van der Waals surface area contributed by atoms with Gasteiger partial charge < -0.3 is 16.0 Å². The summed E-state index contributed by atoms with van der Waals surface area (Å²) in [4.78, 5) is 25.7. The molecule has 1 amide bonds. The predicted molar refractivity (Wildman–Crippen MR) is 104 cm³/mol. The molecule has 140 valence electrons. The highest BCUT2D eigenvalue weighted by molar-refractivity contribution is 7.98. The van der Waals surface area contributed by atoms with E-state index in [-0.39, 0.29) is 11.9 Å². The van der Waals surface area contributed by atoms with Crippen LogP contribution < -0.4 is 16.0 Å². The Labute approximate surface area is 160 Å². The third-order valence-corrected chi connectivity index (χ3v) is 4.32. The Hall–Kier alpha value is -3.21. The summed E-state index contributed by atoms with van der Waals surface area (Å²) in [7, 11) is 3.68. The molecule has 0 radical (unpaired) electrons. The zero-order chi connectivity index (χ0) is 19.4. The number of aromatic nitrogens is 6. The summed E-state index contributed by atoms with van der Waals surface area (Å²) in [5.41, 5.74) is 7.29. The van der Waals surface area contributed by atoms with Crippen LogP contribution in [0.3, 0.4) is 0 Å². The van der Waals surface area contributed by atoms with E-state index in [0.717, 1.165) is 5.69 Å². The molecule has 11 heteroatoms. The van der Waals surface area contributed by atoms with E-state index in [1.54, 1.807) is 11.2 Å². The van der Waals surface area contributed by atoms with Crippen molar-refractivity contribution in [1.29, 1.82) is 0 Å². The molecule has 0 saturated carbocycles. The molecule has 0 spiro atoms. The van der Waals surface area contributed by atoms with Crippen LogP contribution in [0.4, 0.5) is 17.6 Å². The Morgan fingerprint density at radius 1 is 1.30 bits per heavy atom. The van der Waals surface area contributed by atoms with E-state index in [1.807, 2.05) is 42.9 Å². The predicted octanol–water partition coefficient (Wildman–Crippen LogP) is 1.35. The Balaban J connectivity index is 1.79. The van der Waals surface area contributed by atoms with Gasteiger partial charge in [-0.15, -0.1) is 10.2 Å². The molecule has 2 aromatic heterocycles. The number of benzene rings is 1. The number of carbonyl (C=O) groups is 1. The average Bonchev–Trinajstić information content (AvgIpc) is 3.07. The monoisotopic (exact) mass is 385 g/mol. The number of anilines is 3. The molecule has 0 aliphatic rings. The fourth-order valence-corrected chi connectivity index (χ4v) is 3.04. The van der Waals surface area contributed by atoms with Crippen LogP contribution in [0, 0.1) is 0 Å². The third kappa shape index (κ3) is 4.70. The van der Waals surface area contributed by atoms with Crippen molar-refractivity contribution in [3.8, 4) is 5.69 Å². The number of thioether (sulfide) groups is 1. The number of nitrogen functional groups attached to an aromatic ring is 1. The molecule has 1 aromatic carbocycles. The van der Waals surface area contributed by atoms with Crippen molar-refractivity contribution < 1.29 is 4.79 Å². The molecule has 0 bridgehead atoms. The third-order valence-electron chi connectivity index (χ3n) is 3.38. The van der Waals surface area contributed by atoms with Gasteiger partial charge in [0, 0.05) is 26.7 Å². The Bertz CT molecular complexity index is 957. The first-order valence-electron chi connectivity index (χ1n) is 8.01. The van der Waals surface area contributed by atoms with E-state index in [2.05, 4.69) is 30.5 Å². The summed E-state index contributed by atoms with van der Waals surface area (Å²) in [5, 5.41) is 11.6. The van der Waals surface area contributed by atoms with Crippen molar-refractivity contribution in [2.24, 2.45) is 0 Å². The van der Waals surface area contributed by atoms with Crippen LogP contribution in [0.25, 0.3) is 5.69 Å². The molecule has 3 aromatic rings.